The van der Waals surface area contributed by atoms with Crippen molar-refractivity contribution in [2.24, 2.45) is 0 Å². The van der Waals surface area contributed by atoms with Crippen LogP contribution in [0.15, 0.2) is 11.4 Å². The van der Waals surface area contributed by atoms with Crippen molar-refractivity contribution in [1.82, 2.24) is 4.90 Å². The van der Waals surface area contributed by atoms with Crippen molar-refractivity contribution in [1.29, 1.82) is 0 Å². The Labute approximate surface area is 111 Å². The van der Waals surface area contributed by atoms with E-state index in [0.717, 1.165) is 0 Å². The van der Waals surface area contributed by atoms with Gasteiger partial charge < -0.3 is 9.64 Å². The first kappa shape index (κ1) is 14.5. The predicted molar refractivity (Wildman–Crippen MR) is 72.2 cm³/mol. The number of rotatable bonds is 4. The molecule has 5 nitrogen and oxygen atoms in total. The van der Waals surface area contributed by atoms with Crippen LogP contribution in [0.2, 0.25) is 0 Å². The molecule has 1 N–H and O–H groups in total. The third-order valence-electron chi connectivity index (χ3n) is 2.48. The molecule has 0 saturated carbocycles. The molecule has 1 rings (SSSR count). The smallest absolute Gasteiger partial charge is 0.341 e. The largest absolute Gasteiger partial charge is 0.462 e. The number of nitrogens with one attached hydrogen (secondary N) is 1. The second-order valence-electron chi connectivity index (χ2n) is 4.02. The summed E-state index contributed by atoms with van der Waals surface area (Å²) in [5.74, 6) is -0.416. The highest BCUT2D eigenvalue weighted by atomic mass is 32.1. The molecule has 0 fully saturated rings. The fourth-order valence-electron chi connectivity index (χ4n) is 1.20. The Bertz CT molecular complexity index is 429. The SMILES string of the molecule is CCOC(=O)c1ccsc1NC(=O)N(C)C(C)C. The molecular weight excluding hydrogens is 252 g/mol. The summed E-state index contributed by atoms with van der Waals surface area (Å²) >= 11 is 1.30. The maximum absolute atomic E-state index is 11.9. The number of thiophene rings is 1. The van der Waals surface area contributed by atoms with Crippen molar-refractivity contribution in [2.75, 3.05) is 19.0 Å². The summed E-state index contributed by atoms with van der Waals surface area (Å²) in [4.78, 5) is 25.0. The minimum Gasteiger partial charge on any atom is -0.462 e. The number of ether oxygens (including phenoxy) is 1. The number of urea groups is 1. The minimum absolute atomic E-state index is 0.0935. The van der Waals surface area contributed by atoms with Crippen molar-refractivity contribution in [3.8, 4) is 0 Å². The molecule has 18 heavy (non-hydrogen) atoms. The molecule has 100 valence electrons. The van der Waals surface area contributed by atoms with Gasteiger partial charge in [-0.3, -0.25) is 5.32 Å². The van der Waals surface area contributed by atoms with E-state index in [9.17, 15) is 9.59 Å². The second kappa shape index (κ2) is 6.39. The van der Waals surface area contributed by atoms with Crippen molar-refractivity contribution in [3.63, 3.8) is 0 Å². The molecule has 1 aromatic rings. The summed E-state index contributed by atoms with van der Waals surface area (Å²) < 4.78 is 4.92. The van der Waals surface area contributed by atoms with Crippen LogP contribution in [-0.4, -0.2) is 36.6 Å². The summed E-state index contributed by atoms with van der Waals surface area (Å²) in [7, 11) is 1.71. The normalized spacial score (nSPS) is 10.3. The average Bonchev–Trinajstić information content (AvgIpc) is 2.76. The van der Waals surface area contributed by atoms with E-state index in [-0.39, 0.29) is 12.1 Å². The molecule has 0 aliphatic rings. The molecule has 0 saturated heterocycles. The maximum atomic E-state index is 11.9. The first-order valence-electron chi connectivity index (χ1n) is 5.75. The van der Waals surface area contributed by atoms with Crippen molar-refractivity contribution in [3.05, 3.63) is 17.0 Å². The third kappa shape index (κ3) is 3.46. The fourth-order valence-corrected chi connectivity index (χ4v) is 1.96. The lowest BCUT2D eigenvalue weighted by atomic mass is 10.3. The molecule has 0 atom stereocenters. The van der Waals surface area contributed by atoms with Crippen molar-refractivity contribution >= 4 is 28.3 Å². The highest BCUT2D eigenvalue weighted by molar-refractivity contribution is 7.14. The summed E-state index contributed by atoms with van der Waals surface area (Å²) in [5.41, 5.74) is 0.396. The van der Waals surface area contributed by atoms with Crippen LogP contribution in [0, 0.1) is 0 Å². The third-order valence-corrected chi connectivity index (χ3v) is 3.31. The zero-order chi connectivity index (χ0) is 13.7. The van der Waals surface area contributed by atoms with Gasteiger partial charge in [0.05, 0.1) is 12.2 Å². The van der Waals surface area contributed by atoms with E-state index in [4.69, 9.17) is 4.74 Å². The number of hydrogen-bond acceptors (Lipinski definition) is 4. The van der Waals surface area contributed by atoms with Gasteiger partial charge in [0.25, 0.3) is 0 Å². The van der Waals surface area contributed by atoms with Crippen LogP contribution in [0.4, 0.5) is 9.80 Å². The van der Waals surface area contributed by atoms with Gasteiger partial charge in [-0.15, -0.1) is 11.3 Å². The van der Waals surface area contributed by atoms with Gasteiger partial charge in [-0.2, -0.15) is 0 Å². The molecular formula is C12H18N2O3S. The Balaban J connectivity index is 2.77. The Hall–Kier alpha value is -1.56. The van der Waals surface area contributed by atoms with Crippen LogP contribution in [0.5, 0.6) is 0 Å². The summed E-state index contributed by atoms with van der Waals surface area (Å²) in [5, 5.41) is 4.98. The van der Waals surface area contributed by atoms with Crippen LogP contribution < -0.4 is 5.32 Å². The zero-order valence-corrected chi connectivity index (χ0v) is 11.8. The van der Waals surface area contributed by atoms with E-state index in [1.165, 1.54) is 11.3 Å². The number of nitrogens with zero attached hydrogens (tertiary/aromatic N) is 1. The lowest BCUT2D eigenvalue weighted by Crippen LogP contribution is -2.36. The number of esters is 1. The van der Waals surface area contributed by atoms with Crippen molar-refractivity contribution < 1.29 is 14.3 Å². The van der Waals surface area contributed by atoms with Gasteiger partial charge in [0, 0.05) is 13.1 Å². The number of anilines is 1. The number of carbonyl (C=O) groups excluding carboxylic acids is 2. The number of amides is 2. The Morgan fingerprint density at radius 1 is 1.50 bits per heavy atom. The van der Waals surface area contributed by atoms with Crippen LogP contribution >= 0.6 is 11.3 Å². The van der Waals surface area contributed by atoms with E-state index >= 15 is 0 Å². The standard InChI is InChI=1S/C12H18N2O3S/c1-5-17-11(15)9-6-7-18-10(9)13-12(16)14(4)8(2)3/h6-8H,5H2,1-4H3,(H,13,16). The highest BCUT2D eigenvalue weighted by Gasteiger charge is 2.18. The van der Waals surface area contributed by atoms with Crippen LogP contribution in [0.3, 0.4) is 0 Å². The Morgan fingerprint density at radius 3 is 2.72 bits per heavy atom. The summed E-state index contributed by atoms with van der Waals surface area (Å²) in [6.45, 7) is 5.89. The molecule has 0 aliphatic heterocycles. The molecule has 0 unspecified atom stereocenters. The monoisotopic (exact) mass is 270 g/mol. The number of carbonyl (C=O) groups is 2. The summed E-state index contributed by atoms with van der Waals surface area (Å²) in [6.07, 6.45) is 0. The topological polar surface area (TPSA) is 58.6 Å². The first-order valence-corrected chi connectivity index (χ1v) is 6.63. The van der Waals surface area contributed by atoms with Crippen LogP contribution in [-0.2, 0) is 4.74 Å². The van der Waals surface area contributed by atoms with Crippen molar-refractivity contribution in [2.45, 2.75) is 26.8 Å². The van der Waals surface area contributed by atoms with Gasteiger partial charge in [-0.05, 0) is 32.2 Å². The molecule has 6 heteroatoms. The van der Waals surface area contributed by atoms with E-state index < -0.39 is 5.97 Å². The Morgan fingerprint density at radius 2 is 2.17 bits per heavy atom. The zero-order valence-electron chi connectivity index (χ0n) is 11.0. The molecule has 1 aromatic heterocycles. The lowest BCUT2D eigenvalue weighted by molar-refractivity contribution is 0.0528. The molecule has 0 radical (unpaired) electrons. The average molecular weight is 270 g/mol. The van der Waals surface area contributed by atoms with Gasteiger partial charge in [0.1, 0.15) is 5.00 Å². The van der Waals surface area contributed by atoms with Gasteiger partial charge in [-0.25, -0.2) is 9.59 Å². The van der Waals surface area contributed by atoms with E-state index in [0.29, 0.717) is 17.2 Å². The predicted octanol–water partition coefficient (Wildman–Crippen LogP) is 2.80. The molecule has 0 aliphatic carbocycles. The van der Waals surface area contributed by atoms with Crippen LogP contribution in [0.25, 0.3) is 0 Å². The molecule has 0 bridgehead atoms. The van der Waals surface area contributed by atoms with Gasteiger partial charge in [0.2, 0.25) is 0 Å². The van der Waals surface area contributed by atoms with Gasteiger partial charge in [0.15, 0.2) is 0 Å². The molecule has 0 spiro atoms. The first-order chi connectivity index (χ1) is 8.47. The van der Waals surface area contributed by atoms with Gasteiger partial charge >= 0.3 is 12.0 Å². The molecule has 0 aromatic carbocycles. The maximum Gasteiger partial charge on any atom is 0.341 e. The minimum atomic E-state index is -0.416. The second-order valence-corrected chi connectivity index (χ2v) is 4.93. The summed E-state index contributed by atoms with van der Waals surface area (Å²) in [6, 6.07) is 1.50. The van der Waals surface area contributed by atoms with E-state index in [1.54, 1.807) is 30.3 Å². The quantitative estimate of drug-likeness (QED) is 0.856. The lowest BCUT2D eigenvalue weighted by Gasteiger charge is -2.21. The van der Waals surface area contributed by atoms with Crippen LogP contribution in [0.1, 0.15) is 31.1 Å². The highest BCUT2D eigenvalue weighted by Crippen LogP contribution is 2.24. The van der Waals surface area contributed by atoms with E-state index in [2.05, 4.69) is 5.32 Å². The molecule has 1 heterocycles. The van der Waals surface area contributed by atoms with Gasteiger partial charge in [-0.1, -0.05) is 0 Å². The number of hydrogen-bond donors (Lipinski definition) is 1. The molecule has 2 amide bonds. The fraction of sp³-hybridized carbons (Fsp3) is 0.500. The van der Waals surface area contributed by atoms with E-state index in [1.807, 2.05) is 13.8 Å². The Kier molecular flexibility index (Phi) is 5.15.